The van der Waals surface area contributed by atoms with Gasteiger partial charge in [0.05, 0.1) is 11.6 Å². The first-order valence-electron chi connectivity index (χ1n) is 4.37. The van der Waals surface area contributed by atoms with Gasteiger partial charge in [-0.25, -0.2) is 4.98 Å². The summed E-state index contributed by atoms with van der Waals surface area (Å²) in [6.07, 6.45) is 3.01. The molecule has 0 unspecified atom stereocenters. The van der Waals surface area contributed by atoms with E-state index in [-0.39, 0.29) is 0 Å². The van der Waals surface area contributed by atoms with Crippen molar-refractivity contribution in [2.75, 3.05) is 0 Å². The minimum absolute atomic E-state index is 0.525. The molecule has 0 aliphatic heterocycles. The molecule has 2 heterocycles. The van der Waals surface area contributed by atoms with E-state index in [1.807, 2.05) is 28.8 Å². The van der Waals surface area contributed by atoms with Crippen LogP contribution >= 0.6 is 11.6 Å². The van der Waals surface area contributed by atoms with Crippen LogP contribution in [0.15, 0.2) is 24.4 Å². The summed E-state index contributed by atoms with van der Waals surface area (Å²) < 4.78 is 2.05. The van der Waals surface area contributed by atoms with Crippen LogP contribution in [0.4, 0.5) is 0 Å². The summed E-state index contributed by atoms with van der Waals surface area (Å²) in [6.45, 7) is 2.10. The van der Waals surface area contributed by atoms with Crippen LogP contribution in [-0.2, 0) is 12.3 Å². The molecule has 68 valence electrons. The molecule has 0 radical (unpaired) electrons. The number of imidazole rings is 1. The number of nitrogens with zero attached hydrogens (tertiary/aromatic N) is 2. The third-order valence-corrected chi connectivity index (χ3v) is 2.40. The van der Waals surface area contributed by atoms with Crippen LogP contribution in [-0.4, -0.2) is 9.38 Å². The van der Waals surface area contributed by atoms with Crippen molar-refractivity contribution in [1.29, 1.82) is 0 Å². The van der Waals surface area contributed by atoms with Crippen LogP contribution in [0.5, 0.6) is 0 Å². The van der Waals surface area contributed by atoms with E-state index in [1.165, 1.54) is 0 Å². The minimum Gasteiger partial charge on any atom is -0.303 e. The molecule has 2 nitrogen and oxygen atoms in total. The molecule has 0 N–H and O–H groups in total. The maximum absolute atomic E-state index is 5.81. The van der Waals surface area contributed by atoms with Crippen LogP contribution in [0.1, 0.15) is 18.3 Å². The molecule has 3 heteroatoms. The topological polar surface area (TPSA) is 17.3 Å². The molecule has 0 saturated heterocycles. The lowest BCUT2D eigenvalue weighted by atomic mass is 10.3. The average molecular weight is 195 g/mol. The van der Waals surface area contributed by atoms with Gasteiger partial charge in [0.2, 0.25) is 0 Å². The molecular weight excluding hydrogens is 184 g/mol. The number of halogens is 1. The minimum atomic E-state index is 0.525. The summed E-state index contributed by atoms with van der Waals surface area (Å²) in [7, 11) is 0. The molecule has 0 fully saturated rings. The fourth-order valence-electron chi connectivity index (χ4n) is 1.40. The van der Waals surface area contributed by atoms with E-state index in [0.29, 0.717) is 5.88 Å². The first-order chi connectivity index (χ1) is 6.35. The van der Waals surface area contributed by atoms with E-state index in [1.54, 1.807) is 0 Å². The predicted molar refractivity (Wildman–Crippen MR) is 54.1 cm³/mol. The number of hydrogen-bond acceptors (Lipinski definition) is 1. The first kappa shape index (κ1) is 8.57. The quantitative estimate of drug-likeness (QED) is 0.672. The number of hydrogen-bond donors (Lipinski definition) is 0. The standard InChI is InChI=1S/C10H11ClN2/c1-2-8-7-13-9(6-11)4-3-5-10(13)12-8/h3-5,7H,2,6H2,1H3. The first-order valence-corrected chi connectivity index (χ1v) is 4.90. The van der Waals surface area contributed by atoms with Gasteiger partial charge in [0.25, 0.3) is 0 Å². The second-order valence-corrected chi connectivity index (χ2v) is 3.23. The fraction of sp³-hybridized carbons (Fsp3) is 0.300. The second kappa shape index (κ2) is 3.38. The number of pyridine rings is 1. The highest BCUT2D eigenvalue weighted by molar-refractivity contribution is 6.16. The summed E-state index contributed by atoms with van der Waals surface area (Å²) in [6, 6.07) is 6.00. The molecule has 0 saturated carbocycles. The lowest BCUT2D eigenvalue weighted by molar-refractivity contribution is 1.05. The zero-order valence-corrected chi connectivity index (χ0v) is 8.25. The van der Waals surface area contributed by atoms with Gasteiger partial charge in [0.15, 0.2) is 0 Å². The Morgan fingerprint density at radius 2 is 2.31 bits per heavy atom. The van der Waals surface area contributed by atoms with Crippen LogP contribution in [0.2, 0.25) is 0 Å². The van der Waals surface area contributed by atoms with Gasteiger partial charge in [0, 0.05) is 11.9 Å². The lowest BCUT2D eigenvalue weighted by Crippen LogP contribution is -1.90. The highest BCUT2D eigenvalue weighted by Gasteiger charge is 2.02. The Labute approximate surface area is 82.2 Å². The largest absolute Gasteiger partial charge is 0.303 e. The van der Waals surface area contributed by atoms with Crippen LogP contribution in [0.25, 0.3) is 5.65 Å². The Morgan fingerprint density at radius 3 is 3.00 bits per heavy atom. The molecule has 0 aliphatic rings. The molecule has 0 amide bonds. The molecular formula is C10H11ClN2. The van der Waals surface area contributed by atoms with Gasteiger partial charge in [-0.1, -0.05) is 13.0 Å². The molecule has 0 atom stereocenters. The van der Waals surface area contributed by atoms with Crippen molar-refractivity contribution in [3.63, 3.8) is 0 Å². The van der Waals surface area contributed by atoms with E-state index >= 15 is 0 Å². The van der Waals surface area contributed by atoms with Gasteiger partial charge in [-0.15, -0.1) is 11.6 Å². The summed E-state index contributed by atoms with van der Waals surface area (Å²) in [5.74, 6) is 0.525. The Hall–Kier alpha value is -1.02. The van der Waals surface area contributed by atoms with Gasteiger partial charge >= 0.3 is 0 Å². The molecule has 13 heavy (non-hydrogen) atoms. The van der Waals surface area contributed by atoms with Crippen LogP contribution in [0.3, 0.4) is 0 Å². The Morgan fingerprint density at radius 1 is 1.46 bits per heavy atom. The third-order valence-electron chi connectivity index (χ3n) is 2.13. The lowest BCUT2D eigenvalue weighted by Gasteiger charge is -1.98. The van der Waals surface area contributed by atoms with Crippen molar-refractivity contribution in [3.05, 3.63) is 35.8 Å². The zero-order chi connectivity index (χ0) is 9.26. The molecule has 2 aromatic rings. The number of aromatic nitrogens is 2. The number of aryl methyl sites for hydroxylation is 1. The zero-order valence-electron chi connectivity index (χ0n) is 7.50. The average Bonchev–Trinajstić information content (AvgIpc) is 2.59. The van der Waals surface area contributed by atoms with E-state index in [9.17, 15) is 0 Å². The third kappa shape index (κ3) is 1.42. The van der Waals surface area contributed by atoms with Crippen LogP contribution < -0.4 is 0 Å². The molecule has 0 spiro atoms. The molecule has 2 aromatic heterocycles. The van der Waals surface area contributed by atoms with Gasteiger partial charge < -0.3 is 4.40 Å². The van der Waals surface area contributed by atoms with E-state index in [4.69, 9.17) is 11.6 Å². The van der Waals surface area contributed by atoms with Crippen molar-refractivity contribution in [2.24, 2.45) is 0 Å². The fourth-order valence-corrected chi connectivity index (χ4v) is 1.62. The van der Waals surface area contributed by atoms with Crippen molar-refractivity contribution in [2.45, 2.75) is 19.2 Å². The maximum Gasteiger partial charge on any atom is 0.137 e. The number of rotatable bonds is 2. The molecule has 0 aliphatic carbocycles. The number of fused-ring (bicyclic) bond motifs is 1. The van der Waals surface area contributed by atoms with Gasteiger partial charge in [-0.05, 0) is 18.6 Å². The second-order valence-electron chi connectivity index (χ2n) is 2.96. The normalized spacial score (nSPS) is 10.9. The van der Waals surface area contributed by atoms with Crippen LogP contribution in [0, 0.1) is 0 Å². The van der Waals surface area contributed by atoms with E-state index < -0.39 is 0 Å². The molecule has 0 bridgehead atoms. The van der Waals surface area contributed by atoms with Gasteiger partial charge in [-0.3, -0.25) is 0 Å². The van der Waals surface area contributed by atoms with Crippen molar-refractivity contribution in [3.8, 4) is 0 Å². The SMILES string of the molecule is CCc1cn2c(CCl)cccc2n1. The Bertz CT molecular complexity index is 420. The summed E-state index contributed by atoms with van der Waals surface area (Å²) in [5.41, 5.74) is 3.18. The van der Waals surface area contributed by atoms with Crippen molar-refractivity contribution < 1.29 is 0 Å². The summed E-state index contributed by atoms with van der Waals surface area (Å²) in [4.78, 5) is 4.44. The summed E-state index contributed by atoms with van der Waals surface area (Å²) >= 11 is 5.81. The van der Waals surface area contributed by atoms with Gasteiger partial charge in [-0.2, -0.15) is 0 Å². The predicted octanol–water partition coefficient (Wildman–Crippen LogP) is 2.64. The maximum atomic E-state index is 5.81. The summed E-state index contributed by atoms with van der Waals surface area (Å²) in [5, 5.41) is 0. The van der Waals surface area contributed by atoms with E-state index in [2.05, 4.69) is 11.9 Å². The molecule has 2 rings (SSSR count). The van der Waals surface area contributed by atoms with Gasteiger partial charge in [0.1, 0.15) is 5.65 Å². The highest BCUT2D eigenvalue weighted by Crippen LogP contribution is 2.11. The van der Waals surface area contributed by atoms with Crippen molar-refractivity contribution in [1.82, 2.24) is 9.38 Å². The monoisotopic (exact) mass is 194 g/mol. The Kier molecular flexibility index (Phi) is 2.23. The van der Waals surface area contributed by atoms with E-state index in [0.717, 1.165) is 23.5 Å². The smallest absolute Gasteiger partial charge is 0.137 e. The molecule has 0 aromatic carbocycles. The highest BCUT2D eigenvalue weighted by atomic mass is 35.5. The Balaban J connectivity index is 2.67. The van der Waals surface area contributed by atoms with Crippen molar-refractivity contribution >= 4 is 17.2 Å². The number of alkyl halides is 1.